The van der Waals surface area contributed by atoms with Gasteiger partial charge in [-0.25, -0.2) is 10.9 Å². The number of anilines is 1. The minimum atomic E-state index is -0.356. The standard InChI is InChI=1S/C20H25N3O2/c1-11-6-5-7-16(14(11)4)21-20(25)18-10-17(22-23-18)15-8-12(2)13(3)9-19(15)24/h5-9,17-18,22-24H,10H2,1-4H3,(H,21,25). The van der Waals surface area contributed by atoms with E-state index in [4.69, 9.17) is 0 Å². The highest BCUT2D eigenvalue weighted by Crippen LogP contribution is 2.32. The monoisotopic (exact) mass is 339 g/mol. The van der Waals surface area contributed by atoms with Crippen molar-refractivity contribution >= 4 is 11.6 Å². The van der Waals surface area contributed by atoms with Crippen molar-refractivity contribution in [3.05, 3.63) is 58.1 Å². The third-order valence-corrected chi connectivity index (χ3v) is 5.10. The molecule has 0 spiro atoms. The minimum Gasteiger partial charge on any atom is -0.508 e. The molecule has 2 aromatic rings. The van der Waals surface area contributed by atoms with Gasteiger partial charge >= 0.3 is 0 Å². The Bertz CT molecular complexity index is 817. The number of benzene rings is 2. The molecule has 4 N–H and O–H groups in total. The number of hydrazine groups is 1. The Morgan fingerprint density at radius 1 is 1.08 bits per heavy atom. The predicted molar refractivity (Wildman–Crippen MR) is 99.5 cm³/mol. The second-order valence-corrected chi connectivity index (χ2v) is 6.86. The van der Waals surface area contributed by atoms with Crippen LogP contribution in [0.25, 0.3) is 0 Å². The van der Waals surface area contributed by atoms with Gasteiger partial charge in [-0.1, -0.05) is 18.2 Å². The van der Waals surface area contributed by atoms with Gasteiger partial charge in [-0.3, -0.25) is 4.79 Å². The number of rotatable bonds is 3. The first-order valence-corrected chi connectivity index (χ1v) is 8.55. The Morgan fingerprint density at radius 3 is 2.56 bits per heavy atom. The first-order chi connectivity index (χ1) is 11.9. The van der Waals surface area contributed by atoms with Crippen LogP contribution in [0, 0.1) is 27.7 Å². The zero-order chi connectivity index (χ0) is 18.1. The van der Waals surface area contributed by atoms with Gasteiger partial charge in [0.25, 0.3) is 0 Å². The molecule has 1 aliphatic heterocycles. The summed E-state index contributed by atoms with van der Waals surface area (Å²) in [5.41, 5.74) is 12.2. The van der Waals surface area contributed by atoms with Crippen molar-refractivity contribution in [1.82, 2.24) is 10.9 Å². The molecule has 0 bridgehead atoms. The van der Waals surface area contributed by atoms with Crippen molar-refractivity contribution < 1.29 is 9.90 Å². The number of carbonyl (C=O) groups is 1. The van der Waals surface area contributed by atoms with Crippen LogP contribution in [0.2, 0.25) is 0 Å². The van der Waals surface area contributed by atoms with Crippen molar-refractivity contribution in [2.45, 2.75) is 46.2 Å². The molecule has 2 aromatic carbocycles. The average molecular weight is 339 g/mol. The summed E-state index contributed by atoms with van der Waals surface area (Å²) in [5, 5.41) is 13.2. The van der Waals surface area contributed by atoms with Crippen LogP contribution in [0.4, 0.5) is 5.69 Å². The normalized spacial score (nSPS) is 19.8. The fourth-order valence-electron chi connectivity index (χ4n) is 3.14. The lowest BCUT2D eigenvalue weighted by molar-refractivity contribution is -0.117. The molecule has 1 aliphatic rings. The second-order valence-electron chi connectivity index (χ2n) is 6.86. The molecule has 1 fully saturated rings. The van der Waals surface area contributed by atoms with E-state index in [0.29, 0.717) is 6.42 Å². The van der Waals surface area contributed by atoms with E-state index in [1.807, 2.05) is 52.0 Å². The predicted octanol–water partition coefficient (Wildman–Crippen LogP) is 3.17. The van der Waals surface area contributed by atoms with Gasteiger partial charge in [0, 0.05) is 11.3 Å². The summed E-state index contributed by atoms with van der Waals surface area (Å²) >= 11 is 0. The van der Waals surface area contributed by atoms with Crippen molar-refractivity contribution in [3.63, 3.8) is 0 Å². The Kier molecular flexibility index (Phi) is 4.79. The van der Waals surface area contributed by atoms with E-state index in [9.17, 15) is 9.90 Å². The van der Waals surface area contributed by atoms with Crippen LogP contribution in [0.15, 0.2) is 30.3 Å². The maximum atomic E-state index is 12.6. The number of aryl methyl sites for hydroxylation is 3. The molecule has 5 nitrogen and oxygen atoms in total. The van der Waals surface area contributed by atoms with Crippen LogP contribution in [0.1, 0.15) is 40.3 Å². The highest BCUT2D eigenvalue weighted by Gasteiger charge is 2.31. The van der Waals surface area contributed by atoms with E-state index >= 15 is 0 Å². The van der Waals surface area contributed by atoms with Crippen molar-refractivity contribution in [3.8, 4) is 5.75 Å². The lowest BCUT2D eigenvalue weighted by atomic mass is 9.96. The van der Waals surface area contributed by atoms with Gasteiger partial charge in [-0.05, 0) is 68.5 Å². The quantitative estimate of drug-likeness (QED) is 0.693. The molecule has 2 unspecified atom stereocenters. The number of aromatic hydroxyl groups is 1. The first kappa shape index (κ1) is 17.5. The number of phenols is 1. The number of hydrogen-bond donors (Lipinski definition) is 4. The number of carbonyl (C=O) groups excluding carboxylic acids is 1. The highest BCUT2D eigenvalue weighted by molar-refractivity contribution is 5.95. The van der Waals surface area contributed by atoms with E-state index in [2.05, 4.69) is 16.2 Å². The molecule has 132 valence electrons. The summed E-state index contributed by atoms with van der Waals surface area (Å²) in [6.45, 7) is 8.02. The van der Waals surface area contributed by atoms with Crippen LogP contribution in [-0.2, 0) is 4.79 Å². The van der Waals surface area contributed by atoms with Crippen molar-refractivity contribution in [2.24, 2.45) is 0 Å². The van der Waals surface area contributed by atoms with Gasteiger partial charge in [-0.15, -0.1) is 0 Å². The molecule has 1 heterocycles. The van der Waals surface area contributed by atoms with E-state index < -0.39 is 0 Å². The van der Waals surface area contributed by atoms with E-state index in [-0.39, 0.29) is 23.7 Å². The van der Waals surface area contributed by atoms with E-state index in [0.717, 1.165) is 33.5 Å². The van der Waals surface area contributed by atoms with Gasteiger partial charge in [-0.2, -0.15) is 0 Å². The molecule has 5 heteroatoms. The summed E-state index contributed by atoms with van der Waals surface area (Å²) in [6, 6.07) is 9.17. The Hall–Kier alpha value is -2.37. The van der Waals surface area contributed by atoms with Gasteiger partial charge < -0.3 is 10.4 Å². The smallest absolute Gasteiger partial charge is 0.242 e. The van der Waals surface area contributed by atoms with Crippen molar-refractivity contribution in [2.75, 3.05) is 5.32 Å². The molecule has 0 saturated carbocycles. The first-order valence-electron chi connectivity index (χ1n) is 8.55. The lowest BCUT2D eigenvalue weighted by Gasteiger charge is -2.15. The SMILES string of the molecule is Cc1cc(O)c(C2CC(C(=O)Nc3cccc(C)c3C)NN2)cc1C. The fraction of sp³-hybridized carbons (Fsp3) is 0.350. The molecule has 25 heavy (non-hydrogen) atoms. The summed E-state index contributed by atoms with van der Waals surface area (Å²) < 4.78 is 0. The van der Waals surface area contributed by atoms with E-state index in [1.165, 1.54) is 0 Å². The van der Waals surface area contributed by atoms with Crippen LogP contribution in [-0.4, -0.2) is 17.1 Å². The second kappa shape index (κ2) is 6.86. The van der Waals surface area contributed by atoms with Crippen LogP contribution >= 0.6 is 0 Å². The molecule has 0 radical (unpaired) electrons. The molecular weight excluding hydrogens is 314 g/mol. The Balaban J connectivity index is 1.71. The maximum absolute atomic E-state index is 12.6. The third-order valence-electron chi connectivity index (χ3n) is 5.10. The van der Waals surface area contributed by atoms with Crippen LogP contribution in [0.3, 0.4) is 0 Å². The molecule has 1 saturated heterocycles. The molecule has 2 atom stereocenters. The number of amides is 1. The third kappa shape index (κ3) is 3.52. The van der Waals surface area contributed by atoms with Crippen LogP contribution < -0.4 is 16.2 Å². The molecule has 0 aliphatic carbocycles. The zero-order valence-electron chi connectivity index (χ0n) is 15.1. The number of hydrogen-bond acceptors (Lipinski definition) is 4. The average Bonchev–Trinajstić information content (AvgIpc) is 3.05. The number of nitrogens with one attached hydrogen (secondary N) is 3. The van der Waals surface area contributed by atoms with E-state index in [1.54, 1.807) is 6.07 Å². The van der Waals surface area contributed by atoms with Crippen LogP contribution in [0.5, 0.6) is 5.75 Å². The Morgan fingerprint density at radius 2 is 1.80 bits per heavy atom. The zero-order valence-corrected chi connectivity index (χ0v) is 15.1. The van der Waals surface area contributed by atoms with Gasteiger partial charge in [0.05, 0.1) is 6.04 Å². The molecule has 0 aromatic heterocycles. The summed E-state index contributed by atoms with van der Waals surface area (Å²) in [6.07, 6.45) is 0.576. The summed E-state index contributed by atoms with van der Waals surface area (Å²) in [5.74, 6) is 0.185. The molecule has 3 rings (SSSR count). The minimum absolute atomic E-state index is 0.0768. The topological polar surface area (TPSA) is 73.4 Å². The maximum Gasteiger partial charge on any atom is 0.242 e. The van der Waals surface area contributed by atoms with Gasteiger partial charge in [0.2, 0.25) is 5.91 Å². The highest BCUT2D eigenvalue weighted by atomic mass is 16.3. The van der Waals surface area contributed by atoms with Gasteiger partial charge in [0.1, 0.15) is 11.8 Å². The lowest BCUT2D eigenvalue weighted by Crippen LogP contribution is -2.39. The summed E-state index contributed by atoms with van der Waals surface area (Å²) in [4.78, 5) is 12.6. The molecule has 1 amide bonds. The molecular formula is C20H25N3O2. The summed E-state index contributed by atoms with van der Waals surface area (Å²) in [7, 11) is 0. The fourth-order valence-corrected chi connectivity index (χ4v) is 3.14. The Labute approximate surface area is 148 Å². The largest absolute Gasteiger partial charge is 0.508 e. The van der Waals surface area contributed by atoms with Gasteiger partial charge in [0.15, 0.2) is 0 Å². The van der Waals surface area contributed by atoms with Crippen molar-refractivity contribution in [1.29, 1.82) is 0 Å². The number of phenolic OH excluding ortho intramolecular Hbond substituents is 1.